The highest BCUT2D eigenvalue weighted by Crippen LogP contribution is 2.27. The SMILES string of the molecule is CCCNC(Cc1ccccc1OC)c1ccoc1CC. The summed E-state index contributed by atoms with van der Waals surface area (Å²) in [6.07, 6.45) is 4.72. The van der Waals surface area contributed by atoms with Crippen molar-refractivity contribution in [3.05, 3.63) is 53.5 Å². The molecule has 2 aromatic rings. The molecule has 1 aromatic heterocycles. The first-order valence-corrected chi connectivity index (χ1v) is 7.71. The van der Waals surface area contributed by atoms with Gasteiger partial charge in [-0.25, -0.2) is 0 Å². The Balaban J connectivity index is 2.24. The van der Waals surface area contributed by atoms with Crippen LogP contribution in [0.2, 0.25) is 0 Å². The maximum absolute atomic E-state index is 5.60. The number of hydrogen-bond donors (Lipinski definition) is 1. The molecule has 0 aliphatic carbocycles. The number of ether oxygens (including phenoxy) is 1. The van der Waals surface area contributed by atoms with E-state index in [4.69, 9.17) is 9.15 Å². The average Bonchev–Trinajstić information content (AvgIpc) is 3.00. The molecule has 114 valence electrons. The number of benzene rings is 1. The minimum atomic E-state index is 0.259. The predicted octanol–water partition coefficient (Wildman–Crippen LogP) is 4.13. The molecule has 0 saturated heterocycles. The summed E-state index contributed by atoms with van der Waals surface area (Å²) in [5, 5.41) is 3.63. The summed E-state index contributed by atoms with van der Waals surface area (Å²) in [7, 11) is 1.72. The molecule has 0 spiro atoms. The van der Waals surface area contributed by atoms with Gasteiger partial charge >= 0.3 is 0 Å². The van der Waals surface area contributed by atoms with Crippen molar-refractivity contribution in [2.75, 3.05) is 13.7 Å². The molecule has 3 heteroatoms. The standard InChI is InChI=1S/C18H25NO2/c1-4-11-19-16(15-10-12-21-17(15)5-2)13-14-8-6-7-9-18(14)20-3/h6-10,12,16,19H,4-5,11,13H2,1-3H3. The van der Waals surface area contributed by atoms with E-state index in [1.54, 1.807) is 13.4 Å². The number of nitrogens with one attached hydrogen (secondary N) is 1. The smallest absolute Gasteiger partial charge is 0.122 e. The van der Waals surface area contributed by atoms with Gasteiger partial charge in [-0.15, -0.1) is 0 Å². The van der Waals surface area contributed by atoms with Crippen molar-refractivity contribution in [1.82, 2.24) is 5.32 Å². The first-order chi connectivity index (χ1) is 10.3. The van der Waals surface area contributed by atoms with Crippen molar-refractivity contribution >= 4 is 0 Å². The zero-order chi connectivity index (χ0) is 15.1. The van der Waals surface area contributed by atoms with E-state index >= 15 is 0 Å². The molecule has 0 bridgehead atoms. The molecule has 3 nitrogen and oxygen atoms in total. The fraction of sp³-hybridized carbons (Fsp3) is 0.444. The molecule has 2 rings (SSSR count). The Labute approximate surface area is 127 Å². The van der Waals surface area contributed by atoms with Crippen molar-refractivity contribution in [3.63, 3.8) is 0 Å². The Hall–Kier alpha value is -1.74. The fourth-order valence-electron chi connectivity index (χ4n) is 2.65. The lowest BCUT2D eigenvalue weighted by molar-refractivity contribution is 0.404. The lowest BCUT2D eigenvalue weighted by Gasteiger charge is -2.20. The highest BCUT2D eigenvalue weighted by molar-refractivity contribution is 5.35. The maximum atomic E-state index is 5.60. The first-order valence-electron chi connectivity index (χ1n) is 7.71. The number of aryl methyl sites for hydroxylation is 1. The number of furan rings is 1. The molecule has 0 aliphatic heterocycles. The van der Waals surface area contributed by atoms with Gasteiger partial charge in [0, 0.05) is 18.0 Å². The Morgan fingerprint density at radius 3 is 2.71 bits per heavy atom. The van der Waals surface area contributed by atoms with E-state index < -0.39 is 0 Å². The molecular weight excluding hydrogens is 262 g/mol. The molecule has 0 fully saturated rings. The van der Waals surface area contributed by atoms with E-state index in [2.05, 4.69) is 37.4 Å². The molecule has 0 aliphatic rings. The summed E-state index contributed by atoms with van der Waals surface area (Å²) in [4.78, 5) is 0. The molecular formula is C18H25NO2. The van der Waals surface area contributed by atoms with Crippen LogP contribution in [0.4, 0.5) is 0 Å². The molecule has 0 saturated carbocycles. The van der Waals surface area contributed by atoms with Gasteiger partial charge in [-0.3, -0.25) is 0 Å². The summed E-state index contributed by atoms with van der Waals surface area (Å²) in [5.74, 6) is 2.01. The topological polar surface area (TPSA) is 34.4 Å². The van der Waals surface area contributed by atoms with E-state index in [0.29, 0.717) is 0 Å². The van der Waals surface area contributed by atoms with Crippen LogP contribution < -0.4 is 10.1 Å². The maximum Gasteiger partial charge on any atom is 0.122 e. The monoisotopic (exact) mass is 287 g/mol. The van der Waals surface area contributed by atoms with Crippen LogP contribution in [-0.4, -0.2) is 13.7 Å². The minimum absolute atomic E-state index is 0.259. The number of hydrogen-bond acceptors (Lipinski definition) is 3. The van der Waals surface area contributed by atoms with Crippen LogP contribution in [0, 0.1) is 0 Å². The van der Waals surface area contributed by atoms with Gasteiger partial charge in [-0.2, -0.15) is 0 Å². The van der Waals surface area contributed by atoms with Crippen LogP contribution in [0.1, 0.15) is 43.2 Å². The van der Waals surface area contributed by atoms with Crippen molar-refractivity contribution in [3.8, 4) is 5.75 Å². The van der Waals surface area contributed by atoms with Crippen molar-refractivity contribution in [2.45, 2.75) is 39.2 Å². The van der Waals surface area contributed by atoms with Gasteiger partial charge in [0.15, 0.2) is 0 Å². The molecule has 1 aromatic carbocycles. The Kier molecular flexibility index (Phi) is 5.88. The van der Waals surface area contributed by atoms with Gasteiger partial charge in [-0.1, -0.05) is 32.0 Å². The van der Waals surface area contributed by atoms with Crippen LogP contribution in [0.5, 0.6) is 5.75 Å². The molecule has 1 unspecified atom stereocenters. The second kappa shape index (κ2) is 7.89. The second-order valence-electron chi connectivity index (χ2n) is 5.18. The highest BCUT2D eigenvalue weighted by atomic mass is 16.5. The van der Waals surface area contributed by atoms with Crippen molar-refractivity contribution < 1.29 is 9.15 Å². The van der Waals surface area contributed by atoms with E-state index in [-0.39, 0.29) is 6.04 Å². The molecule has 0 radical (unpaired) electrons. The van der Waals surface area contributed by atoms with E-state index in [9.17, 15) is 0 Å². The van der Waals surface area contributed by atoms with E-state index in [1.807, 2.05) is 12.1 Å². The third kappa shape index (κ3) is 3.88. The summed E-state index contributed by atoms with van der Waals surface area (Å²) in [5.41, 5.74) is 2.48. The van der Waals surface area contributed by atoms with Crippen LogP contribution in [-0.2, 0) is 12.8 Å². The third-order valence-corrected chi connectivity index (χ3v) is 3.73. The Bertz CT molecular complexity index is 548. The summed E-state index contributed by atoms with van der Waals surface area (Å²) in [6.45, 7) is 5.31. The van der Waals surface area contributed by atoms with Crippen LogP contribution >= 0.6 is 0 Å². The van der Waals surface area contributed by atoms with Crippen LogP contribution in [0.25, 0.3) is 0 Å². The third-order valence-electron chi connectivity index (χ3n) is 3.73. The van der Waals surface area contributed by atoms with Crippen LogP contribution in [0.3, 0.4) is 0 Å². The largest absolute Gasteiger partial charge is 0.496 e. The molecule has 1 heterocycles. The van der Waals surface area contributed by atoms with Crippen molar-refractivity contribution in [2.24, 2.45) is 0 Å². The Morgan fingerprint density at radius 1 is 1.19 bits per heavy atom. The average molecular weight is 287 g/mol. The van der Waals surface area contributed by atoms with Gasteiger partial charge in [0.1, 0.15) is 11.5 Å². The summed E-state index contributed by atoms with van der Waals surface area (Å²) >= 11 is 0. The predicted molar refractivity (Wildman–Crippen MR) is 85.8 cm³/mol. The quantitative estimate of drug-likeness (QED) is 0.792. The number of para-hydroxylation sites is 1. The zero-order valence-electron chi connectivity index (χ0n) is 13.2. The van der Waals surface area contributed by atoms with Crippen LogP contribution in [0.15, 0.2) is 41.0 Å². The minimum Gasteiger partial charge on any atom is -0.496 e. The van der Waals surface area contributed by atoms with Gasteiger partial charge in [-0.05, 0) is 37.1 Å². The first kappa shape index (κ1) is 15.6. The number of methoxy groups -OCH3 is 1. The molecule has 1 N–H and O–H groups in total. The van der Waals surface area contributed by atoms with E-state index in [0.717, 1.165) is 37.3 Å². The van der Waals surface area contributed by atoms with E-state index in [1.165, 1.54) is 11.1 Å². The lowest BCUT2D eigenvalue weighted by Crippen LogP contribution is -2.24. The zero-order valence-corrected chi connectivity index (χ0v) is 13.2. The molecule has 1 atom stereocenters. The van der Waals surface area contributed by atoms with Gasteiger partial charge in [0.2, 0.25) is 0 Å². The van der Waals surface area contributed by atoms with Crippen molar-refractivity contribution in [1.29, 1.82) is 0 Å². The lowest BCUT2D eigenvalue weighted by atomic mass is 9.97. The fourth-order valence-corrected chi connectivity index (χ4v) is 2.65. The second-order valence-corrected chi connectivity index (χ2v) is 5.18. The van der Waals surface area contributed by atoms with Gasteiger partial charge < -0.3 is 14.5 Å². The summed E-state index contributed by atoms with van der Waals surface area (Å²) < 4.78 is 11.1. The van der Waals surface area contributed by atoms with Gasteiger partial charge in [0.25, 0.3) is 0 Å². The Morgan fingerprint density at radius 2 is 2.00 bits per heavy atom. The summed E-state index contributed by atoms with van der Waals surface area (Å²) in [6, 6.07) is 10.6. The van der Waals surface area contributed by atoms with Gasteiger partial charge in [0.05, 0.1) is 13.4 Å². The molecule has 21 heavy (non-hydrogen) atoms. The number of rotatable bonds is 8. The molecule has 0 amide bonds. The highest BCUT2D eigenvalue weighted by Gasteiger charge is 2.18. The normalized spacial score (nSPS) is 12.3.